The molecular weight excluding hydrogens is 549 g/mol. The Morgan fingerprint density at radius 2 is 1.73 bits per heavy atom. The molecule has 12 heteroatoms. The van der Waals surface area contributed by atoms with Gasteiger partial charge in [-0.05, 0) is 48.4 Å². The highest BCUT2D eigenvalue weighted by atomic mass is 32.1. The van der Waals surface area contributed by atoms with E-state index in [4.69, 9.17) is 20.6 Å². The number of carbonyl (C=O) groups is 3. The zero-order valence-electron chi connectivity index (χ0n) is 22.3. The highest BCUT2D eigenvalue weighted by Gasteiger charge is 2.52. The number of hydrogen-bond donors (Lipinski definition) is 4. The van der Waals surface area contributed by atoms with Gasteiger partial charge >= 0.3 is 0 Å². The molecule has 2 aliphatic rings. The van der Waals surface area contributed by atoms with Crippen LogP contribution in [0.2, 0.25) is 0 Å². The van der Waals surface area contributed by atoms with E-state index in [2.05, 4.69) is 10.6 Å². The number of benzene rings is 2. The van der Waals surface area contributed by atoms with E-state index in [1.807, 2.05) is 6.92 Å². The summed E-state index contributed by atoms with van der Waals surface area (Å²) in [7, 11) is 0. The Morgan fingerprint density at radius 1 is 1.10 bits per heavy atom. The molecule has 3 amide bonds. The van der Waals surface area contributed by atoms with Crippen molar-refractivity contribution < 1.29 is 28.2 Å². The van der Waals surface area contributed by atoms with Crippen molar-refractivity contribution in [3.63, 3.8) is 0 Å². The van der Waals surface area contributed by atoms with Gasteiger partial charge in [-0.25, -0.2) is 4.39 Å². The summed E-state index contributed by atoms with van der Waals surface area (Å²) in [5.41, 5.74) is 8.12. The van der Waals surface area contributed by atoms with Crippen molar-refractivity contribution in [3.05, 3.63) is 81.8 Å². The van der Waals surface area contributed by atoms with Crippen LogP contribution >= 0.6 is 11.3 Å². The van der Waals surface area contributed by atoms with Gasteiger partial charge in [0.25, 0.3) is 5.91 Å². The molecule has 0 aliphatic carbocycles. The summed E-state index contributed by atoms with van der Waals surface area (Å²) in [6.07, 6.45) is 0.166. The van der Waals surface area contributed by atoms with E-state index in [-0.39, 0.29) is 43.1 Å². The van der Waals surface area contributed by atoms with Crippen molar-refractivity contribution in [2.24, 2.45) is 5.73 Å². The SMILES string of the molecule is CC(NC(=O)[C@@H]1CC2(CN1C(=O)CNC(=O)c1ccc(-c3ccc(F)cc3)cc1)OCCO2)c1cc(C(=N)N)cs1. The summed E-state index contributed by atoms with van der Waals surface area (Å²) < 4.78 is 24.8. The maximum atomic E-state index is 13.4. The molecule has 5 N–H and O–H groups in total. The Balaban J connectivity index is 1.22. The number of carbonyl (C=O) groups excluding carboxylic acids is 3. The Kier molecular flexibility index (Phi) is 8.15. The van der Waals surface area contributed by atoms with Gasteiger partial charge in [-0.3, -0.25) is 19.8 Å². The predicted octanol–water partition coefficient (Wildman–Crippen LogP) is 2.79. The molecule has 1 aromatic heterocycles. The molecule has 214 valence electrons. The number of amidine groups is 1. The molecule has 2 aliphatic heterocycles. The third kappa shape index (κ3) is 6.29. The van der Waals surface area contributed by atoms with Gasteiger partial charge in [0.2, 0.25) is 11.8 Å². The van der Waals surface area contributed by atoms with Crippen LogP contribution in [0.5, 0.6) is 0 Å². The van der Waals surface area contributed by atoms with Crippen molar-refractivity contribution in [2.75, 3.05) is 26.3 Å². The van der Waals surface area contributed by atoms with Crippen LogP contribution in [0, 0.1) is 11.2 Å². The van der Waals surface area contributed by atoms with Crippen LogP contribution in [0.4, 0.5) is 4.39 Å². The zero-order valence-corrected chi connectivity index (χ0v) is 23.1. The molecule has 0 saturated carbocycles. The number of nitrogens with zero attached hydrogens (tertiary/aromatic N) is 1. The standard InChI is InChI=1S/C29H30FN5O5S/c1-17(24-12-21(15-41-24)26(31)32)34-28(38)23-13-29(39-10-11-40-29)16-35(23)25(36)14-33-27(37)20-4-2-18(3-5-20)19-6-8-22(30)9-7-19/h2-9,12,15,17,23H,10-11,13-14,16H2,1H3,(H3,31,32)(H,33,37)(H,34,38)/t17?,23-/m0/s1. The van der Waals surface area contributed by atoms with E-state index >= 15 is 0 Å². The third-order valence-corrected chi connectivity index (χ3v) is 8.28. The number of hydrogen-bond acceptors (Lipinski definition) is 7. The number of amides is 3. The van der Waals surface area contributed by atoms with E-state index in [1.54, 1.807) is 47.8 Å². The molecule has 1 unspecified atom stereocenters. The van der Waals surface area contributed by atoms with Crippen molar-refractivity contribution in [2.45, 2.75) is 31.2 Å². The quantitative estimate of drug-likeness (QED) is 0.238. The molecule has 3 aromatic rings. The average molecular weight is 580 g/mol. The Morgan fingerprint density at radius 3 is 2.34 bits per heavy atom. The number of nitrogen functional groups attached to an aromatic ring is 1. The minimum Gasteiger partial charge on any atom is -0.384 e. The largest absolute Gasteiger partial charge is 0.384 e. The molecule has 1 spiro atoms. The van der Waals surface area contributed by atoms with Gasteiger partial charge < -0.3 is 30.7 Å². The predicted molar refractivity (Wildman–Crippen MR) is 151 cm³/mol. The van der Waals surface area contributed by atoms with Crippen LogP contribution in [-0.2, 0) is 19.1 Å². The van der Waals surface area contributed by atoms with Crippen LogP contribution < -0.4 is 16.4 Å². The fourth-order valence-electron chi connectivity index (χ4n) is 4.96. The topological polar surface area (TPSA) is 147 Å². The molecule has 2 aromatic carbocycles. The van der Waals surface area contributed by atoms with E-state index < -0.39 is 23.6 Å². The third-order valence-electron chi connectivity index (χ3n) is 7.17. The summed E-state index contributed by atoms with van der Waals surface area (Å²) in [5, 5.41) is 14.9. The lowest BCUT2D eigenvalue weighted by Crippen LogP contribution is -2.49. The molecule has 2 atom stereocenters. The fourth-order valence-corrected chi connectivity index (χ4v) is 5.88. The molecular formula is C29H30FN5O5S. The van der Waals surface area contributed by atoms with Gasteiger partial charge in [-0.1, -0.05) is 24.3 Å². The highest BCUT2D eigenvalue weighted by Crippen LogP contribution is 2.35. The molecule has 2 fully saturated rings. The Labute approximate surface area is 240 Å². The summed E-state index contributed by atoms with van der Waals surface area (Å²) in [6, 6.07) is 13.3. The minimum atomic E-state index is -1.06. The molecule has 10 nitrogen and oxygen atoms in total. The van der Waals surface area contributed by atoms with Crippen molar-refractivity contribution in [1.29, 1.82) is 5.41 Å². The molecule has 2 saturated heterocycles. The van der Waals surface area contributed by atoms with Gasteiger partial charge in [0.05, 0.1) is 32.3 Å². The maximum absolute atomic E-state index is 13.4. The lowest BCUT2D eigenvalue weighted by atomic mass is 10.0. The second kappa shape index (κ2) is 11.8. The number of halogens is 1. The van der Waals surface area contributed by atoms with E-state index in [0.29, 0.717) is 24.3 Å². The summed E-state index contributed by atoms with van der Waals surface area (Å²) in [6.45, 7) is 2.28. The van der Waals surface area contributed by atoms with Crippen molar-refractivity contribution in [1.82, 2.24) is 15.5 Å². The lowest BCUT2D eigenvalue weighted by Gasteiger charge is -2.25. The number of thiophene rings is 1. The van der Waals surface area contributed by atoms with Crippen LogP contribution in [0.25, 0.3) is 11.1 Å². The van der Waals surface area contributed by atoms with Crippen LogP contribution in [-0.4, -0.2) is 66.6 Å². The Bertz CT molecular complexity index is 1450. The number of ether oxygens (including phenoxy) is 2. The summed E-state index contributed by atoms with van der Waals surface area (Å²) in [4.78, 5) is 41.7. The monoisotopic (exact) mass is 579 g/mol. The lowest BCUT2D eigenvalue weighted by molar-refractivity contribution is -0.152. The van der Waals surface area contributed by atoms with Gasteiger partial charge in [0.15, 0.2) is 5.79 Å². The van der Waals surface area contributed by atoms with Gasteiger partial charge in [0.1, 0.15) is 17.7 Å². The van der Waals surface area contributed by atoms with E-state index in [0.717, 1.165) is 16.0 Å². The molecule has 41 heavy (non-hydrogen) atoms. The number of nitrogens with one attached hydrogen (secondary N) is 3. The first-order chi connectivity index (χ1) is 19.6. The highest BCUT2D eigenvalue weighted by molar-refractivity contribution is 7.10. The normalized spacial score (nSPS) is 18.3. The molecule has 0 bridgehead atoms. The van der Waals surface area contributed by atoms with Crippen LogP contribution in [0.3, 0.4) is 0 Å². The zero-order chi connectivity index (χ0) is 29.1. The number of rotatable bonds is 8. The van der Waals surface area contributed by atoms with Crippen molar-refractivity contribution >= 4 is 34.9 Å². The first-order valence-electron chi connectivity index (χ1n) is 13.1. The molecule has 3 heterocycles. The summed E-state index contributed by atoms with van der Waals surface area (Å²) >= 11 is 1.38. The number of nitrogens with two attached hydrogens (primary N) is 1. The van der Waals surface area contributed by atoms with Gasteiger partial charge in [-0.15, -0.1) is 11.3 Å². The fraction of sp³-hybridized carbons (Fsp3) is 0.310. The van der Waals surface area contributed by atoms with Gasteiger partial charge in [-0.2, -0.15) is 0 Å². The van der Waals surface area contributed by atoms with Crippen LogP contribution in [0.15, 0.2) is 60.0 Å². The minimum absolute atomic E-state index is 0.0538. The van der Waals surface area contributed by atoms with Gasteiger partial charge in [0, 0.05) is 27.8 Å². The van der Waals surface area contributed by atoms with Crippen LogP contribution in [0.1, 0.15) is 40.2 Å². The van der Waals surface area contributed by atoms with E-state index in [9.17, 15) is 18.8 Å². The molecule has 0 radical (unpaired) electrons. The number of likely N-dealkylation sites (tertiary alicyclic amines) is 1. The summed E-state index contributed by atoms with van der Waals surface area (Å²) in [5.74, 6) is -2.71. The molecule has 5 rings (SSSR count). The second-order valence-corrected chi connectivity index (χ2v) is 10.9. The maximum Gasteiger partial charge on any atom is 0.251 e. The first-order valence-corrected chi connectivity index (χ1v) is 14.0. The Hall–Kier alpha value is -4.13. The van der Waals surface area contributed by atoms with Crippen molar-refractivity contribution in [3.8, 4) is 11.1 Å². The average Bonchev–Trinajstić information content (AvgIpc) is 3.73. The first kappa shape index (κ1) is 28.4. The smallest absolute Gasteiger partial charge is 0.251 e. The second-order valence-electron chi connectivity index (χ2n) is 10.00. The van der Waals surface area contributed by atoms with E-state index in [1.165, 1.54) is 28.4 Å².